The molecule has 0 saturated heterocycles. The number of hydrogen-bond donors (Lipinski definition) is 3. The van der Waals surface area contributed by atoms with Crippen molar-refractivity contribution in [3.8, 4) is 0 Å². The maximum absolute atomic E-state index is 10.9. The molecule has 1 rings (SSSR count). The van der Waals surface area contributed by atoms with Gasteiger partial charge in [-0.15, -0.1) is 0 Å². The predicted molar refractivity (Wildman–Crippen MR) is 94.1 cm³/mol. The van der Waals surface area contributed by atoms with E-state index in [1.54, 1.807) is 0 Å². The van der Waals surface area contributed by atoms with E-state index in [4.69, 9.17) is 10.2 Å². The van der Waals surface area contributed by atoms with E-state index in [0.29, 0.717) is 22.3 Å². The highest BCUT2D eigenvalue weighted by Gasteiger charge is 2.39. The van der Waals surface area contributed by atoms with Crippen molar-refractivity contribution in [1.82, 2.24) is 0 Å². The van der Waals surface area contributed by atoms with Crippen LogP contribution in [0.1, 0.15) is 46.0 Å². The molecule has 126 valence electrons. The van der Waals surface area contributed by atoms with Crippen molar-refractivity contribution >= 4 is 23.5 Å². The van der Waals surface area contributed by atoms with E-state index in [9.17, 15) is 5.11 Å². The summed E-state index contributed by atoms with van der Waals surface area (Å²) in [5, 5.41) is 29.9. The summed E-state index contributed by atoms with van der Waals surface area (Å²) in [6, 6.07) is 0. The first-order valence-electron chi connectivity index (χ1n) is 8.32. The van der Waals surface area contributed by atoms with E-state index in [2.05, 4.69) is 13.8 Å². The Morgan fingerprint density at radius 2 is 1.33 bits per heavy atom. The molecule has 0 aromatic carbocycles. The van der Waals surface area contributed by atoms with Crippen molar-refractivity contribution in [2.24, 2.45) is 11.8 Å². The molecule has 0 aromatic heterocycles. The second-order valence-corrected chi connectivity index (χ2v) is 8.53. The van der Waals surface area contributed by atoms with Crippen LogP contribution in [0.5, 0.6) is 0 Å². The molecule has 0 amide bonds. The van der Waals surface area contributed by atoms with Gasteiger partial charge in [0.15, 0.2) is 0 Å². The van der Waals surface area contributed by atoms with Gasteiger partial charge in [-0.2, -0.15) is 23.5 Å². The zero-order valence-corrected chi connectivity index (χ0v) is 15.0. The fourth-order valence-electron chi connectivity index (χ4n) is 3.56. The fraction of sp³-hybridized carbons (Fsp3) is 1.00. The van der Waals surface area contributed by atoms with Crippen molar-refractivity contribution in [2.75, 3.05) is 24.7 Å². The van der Waals surface area contributed by atoms with Crippen molar-refractivity contribution in [1.29, 1.82) is 0 Å². The maximum atomic E-state index is 10.9. The Morgan fingerprint density at radius 3 is 1.67 bits per heavy atom. The Morgan fingerprint density at radius 1 is 0.905 bits per heavy atom. The molecule has 0 bridgehead atoms. The van der Waals surface area contributed by atoms with E-state index in [1.165, 1.54) is 6.42 Å². The average Bonchev–Trinajstić information content (AvgIpc) is 2.51. The van der Waals surface area contributed by atoms with Crippen molar-refractivity contribution in [3.63, 3.8) is 0 Å². The van der Waals surface area contributed by atoms with Crippen LogP contribution in [0, 0.1) is 11.8 Å². The summed E-state index contributed by atoms with van der Waals surface area (Å²) in [4.78, 5) is 0. The highest BCUT2D eigenvalue weighted by Crippen LogP contribution is 2.41. The molecule has 1 fully saturated rings. The third kappa shape index (κ3) is 5.94. The SMILES string of the molecule is CCC(SCCO)C1CCCC(C(CC)SCCO)C1O. The van der Waals surface area contributed by atoms with Gasteiger partial charge in [-0.05, 0) is 37.5 Å². The monoisotopic (exact) mass is 336 g/mol. The van der Waals surface area contributed by atoms with Crippen LogP contribution in [0.25, 0.3) is 0 Å². The smallest absolute Gasteiger partial charge is 0.0617 e. The van der Waals surface area contributed by atoms with Gasteiger partial charge in [0, 0.05) is 22.0 Å². The molecule has 1 saturated carbocycles. The molecule has 4 atom stereocenters. The summed E-state index contributed by atoms with van der Waals surface area (Å²) < 4.78 is 0. The van der Waals surface area contributed by atoms with Gasteiger partial charge in [0.2, 0.25) is 0 Å². The summed E-state index contributed by atoms with van der Waals surface area (Å²) in [7, 11) is 0. The van der Waals surface area contributed by atoms with Crippen LogP contribution >= 0.6 is 23.5 Å². The Hall–Kier alpha value is 0.580. The van der Waals surface area contributed by atoms with E-state index < -0.39 is 0 Å². The molecule has 4 unspecified atom stereocenters. The lowest BCUT2D eigenvalue weighted by Gasteiger charge is -2.41. The van der Waals surface area contributed by atoms with Gasteiger partial charge in [0.1, 0.15) is 0 Å². The molecule has 0 aliphatic heterocycles. The van der Waals surface area contributed by atoms with Crippen LogP contribution in [0.2, 0.25) is 0 Å². The minimum Gasteiger partial charge on any atom is -0.396 e. The lowest BCUT2D eigenvalue weighted by molar-refractivity contribution is 0.0149. The fourth-order valence-corrected chi connectivity index (χ4v) is 5.93. The van der Waals surface area contributed by atoms with E-state index >= 15 is 0 Å². The lowest BCUT2D eigenvalue weighted by atomic mass is 9.74. The van der Waals surface area contributed by atoms with Gasteiger partial charge in [0.05, 0.1) is 19.3 Å². The second-order valence-electron chi connectivity index (χ2n) is 5.83. The highest BCUT2D eigenvalue weighted by molar-refractivity contribution is 8.00. The van der Waals surface area contributed by atoms with Crippen LogP contribution in [0.15, 0.2) is 0 Å². The first kappa shape index (κ1) is 19.6. The molecule has 21 heavy (non-hydrogen) atoms. The first-order valence-corrected chi connectivity index (χ1v) is 10.4. The number of rotatable bonds is 10. The lowest BCUT2D eigenvalue weighted by Crippen LogP contribution is -2.43. The summed E-state index contributed by atoms with van der Waals surface area (Å²) in [5.74, 6) is 2.24. The molecule has 0 radical (unpaired) electrons. The molecular weight excluding hydrogens is 304 g/mol. The van der Waals surface area contributed by atoms with E-state index in [0.717, 1.165) is 37.2 Å². The number of hydrogen-bond acceptors (Lipinski definition) is 5. The molecule has 5 heteroatoms. The standard InChI is InChI=1S/C16H32O3S2/c1-3-14(20-10-8-17)12-6-5-7-13(16(12)19)15(4-2)21-11-9-18/h12-19H,3-11H2,1-2H3. The molecule has 0 aromatic rings. The maximum Gasteiger partial charge on any atom is 0.0617 e. The molecule has 0 spiro atoms. The Kier molecular flexibility index (Phi) is 10.4. The van der Waals surface area contributed by atoms with Crippen LogP contribution < -0.4 is 0 Å². The van der Waals surface area contributed by atoms with Crippen LogP contribution in [-0.2, 0) is 0 Å². The van der Waals surface area contributed by atoms with Crippen molar-refractivity contribution in [2.45, 2.75) is 62.6 Å². The van der Waals surface area contributed by atoms with Crippen LogP contribution in [0.3, 0.4) is 0 Å². The second kappa shape index (κ2) is 11.2. The summed E-state index contributed by atoms with van der Waals surface area (Å²) >= 11 is 3.63. The van der Waals surface area contributed by atoms with Gasteiger partial charge >= 0.3 is 0 Å². The summed E-state index contributed by atoms with van der Waals surface area (Å²) in [6.45, 7) is 4.81. The summed E-state index contributed by atoms with van der Waals surface area (Å²) in [6.07, 6.45) is 5.29. The predicted octanol–water partition coefficient (Wildman–Crippen LogP) is 2.77. The summed E-state index contributed by atoms with van der Waals surface area (Å²) in [5.41, 5.74) is 0. The Balaban J connectivity index is 2.66. The van der Waals surface area contributed by atoms with Crippen LogP contribution in [0.4, 0.5) is 0 Å². The van der Waals surface area contributed by atoms with Gasteiger partial charge in [-0.3, -0.25) is 0 Å². The highest BCUT2D eigenvalue weighted by atomic mass is 32.2. The molecule has 0 heterocycles. The molecule has 1 aliphatic carbocycles. The first-order chi connectivity index (χ1) is 10.2. The van der Waals surface area contributed by atoms with Gasteiger partial charge in [-0.25, -0.2) is 0 Å². The molecule has 1 aliphatic rings. The molecule has 3 N–H and O–H groups in total. The minimum atomic E-state index is -0.231. The zero-order chi connectivity index (χ0) is 15.7. The van der Waals surface area contributed by atoms with Gasteiger partial charge in [-0.1, -0.05) is 20.3 Å². The third-order valence-corrected chi connectivity index (χ3v) is 7.62. The number of aliphatic hydroxyl groups is 3. The largest absolute Gasteiger partial charge is 0.396 e. The van der Waals surface area contributed by atoms with Crippen LogP contribution in [-0.4, -0.2) is 56.6 Å². The number of aliphatic hydroxyl groups excluding tert-OH is 3. The van der Waals surface area contributed by atoms with E-state index in [-0.39, 0.29) is 19.3 Å². The Labute approximate surface area is 138 Å². The van der Waals surface area contributed by atoms with Gasteiger partial charge < -0.3 is 15.3 Å². The van der Waals surface area contributed by atoms with Crippen molar-refractivity contribution in [3.05, 3.63) is 0 Å². The normalized spacial score (nSPS) is 29.3. The minimum absolute atomic E-state index is 0.220. The molecule has 3 nitrogen and oxygen atoms in total. The topological polar surface area (TPSA) is 60.7 Å². The zero-order valence-electron chi connectivity index (χ0n) is 13.4. The average molecular weight is 337 g/mol. The molecular formula is C16H32O3S2. The van der Waals surface area contributed by atoms with E-state index in [1.807, 2.05) is 23.5 Å². The third-order valence-electron chi connectivity index (χ3n) is 4.56. The quantitative estimate of drug-likeness (QED) is 0.573. The number of thioether (sulfide) groups is 2. The van der Waals surface area contributed by atoms with Gasteiger partial charge in [0.25, 0.3) is 0 Å². The Bertz CT molecular complexity index is 242. The van der Waals surface area contributed by atoms with Crippen molar-refractivity contribution < 1.29 is 15.3 Å².